The molecule has 1 unspecified atom stereocenters. The molecule has 2 heterocycles. The first-order valence-electron chi connectivity index (χ1n) is 11.8. The molecule has 0 bridgehead atoms. The standard InChI is InChI=1S/C28H27ClFN3O2/c1-19-2-11-25-26(16-19)35-27(31-25)18-32-12-14-33(15-13-32)28(34)17-24(20-3-7-22(29)8-4-20)21-5-9-23(30)10-6-21/h2-11,16,24H,12-15,17-18H2,1H3. The number of oxazole rings is 1. The number of benzene rings is 3. The number of piperazine rings is 1. The third-order valence-electron chi connectivity index (χ3n) is 6.60. The van der Waals surface area contributed by atoms with Crippen LogP contribution < -0.4 is 0 Å². The molecule has 1 saturated heterocycles. The number of hydrogen-bond donors (Lipinski definition) is 0. The highest BCUT2D eigenvalue weighted by Gasteiger charge is 2.26. The van der Waals surface area contributed by atoms with Gasteiger partial charge in [-0.05, 0) is 60.0 Å². The van der Waals surface area contributed by atoms with Crippen LogP contribution >= 0.6 is 11.6 Å². The number of nitrogens with zero attached hydrogens (tertiary/aromatic N) is 3. The Morgan fingerprint density at radius 1 is 1.00 bits per heavy atom. The number of halogens is 2. The van der Waals surface area contributed by atoms with Crippen molar-refractivity contribution >= 4 is 28.6 Å². The van der Waals surface area contributed by atoms with Gasteiger partial charge >= 0.3 is 0 Å². The highest BCUT2D eigenvalue weighted by molar-refractivity contribution is 6.30. The van der Waals surface area contributed by atoms with Crippen LogP contribution in [-0.4, -0.2) is 46.9 Å². The third-order valence-corrected chi connectivity index (χ3v) is 6.85. The second-order valence-corrected chi connectivity index (χ2v) is 9.53. The van der Waals surface area contributed by atoms with Crippen molar-refractivity contribution in [2.45, 2.75) is 25.8 Å². The number of carbonyl (C=O) groups is 1. The average Bonchev–Trinajstić information content (AvgIpc) is 3.25. The van der Waals surface area contributed by atoms with Crippen LogP contribution in [0, 0.1) is 12.7 Å². The van der Waals surface area contributed by atoms with Gasteiger partial charge in [0.1, 0.15) is 11.3 Å². The van der Waals surface area contributed by atoms with Crippen molar-refractivity contribution in [3.8, 4) is 0 Å². The Hall–Kier alpha value is -3.22. The van der Waals surface area contributed by atoms with E-state index in [1.165, 1.54) is 12.1 Å². The normalized spacial score (nSPS) is 15.5. The van der Waals surface area contributed by atoms with Gasteiger partial charge in [-0.2, -0.15) is 0 Å². The van der Waals surface area contributed by atoms with Gasteiger partial charge in [0.25, 0.3) is 0 Å². The first-order chi connectivity index (χ1) is 16.9. The number of hydrogen-bond acceptors (Lipinski definition) is 4. The minimum absolute atomic E-state index is 0.0891. The van der Waals surface area contributed by atoms with Crippen LogP contribution in [0.2, 0.25) is 5.02 Å². The van der Waals surface area contributed by atoms with Gasteiger partial charge in [-0.25, -0.2) is 9.37 Å². The van der Waals surface area contributed by atoms with Gasteiger partial charge in [-0.1, -0.05) is 41.9 Å². The van der Waals surface area contributed by atoms with E-state index in [4.69, 9.17) is 16.0 Å². The Labute approximate surface area is 209 Å². The summed E-state index contributed by atoms with van der Waals surface area (Å²) in [7, 11) is 0. The maximum atomic E-state index is 13.5. The molecular formula is C28H27ClFN3O2. The number of amides is 1. The zero-order valence-corrected chi connectivity index (χ0v) is 20.3. The SMILES string of the molecule is Cc1ccc2nc(CN3CCN(C(=O)CC(c4ccc(F)cc4)c4ccc(Cl)cc4)CC3)oc2c1. The Morgan fingerprint density at radius 3 is 2.34 bits per heavy atom. The fourth-order valence-electron chi connectivity index (χ4n) is 4.62. The highest BCUT2D eigenvalue weighted by Crippen LogP contribution is 2.30. The molecule has 0 spiro atoms. The molecule has 0 N–H and O–H groups in total. The van der Waals surface area contributed by atoms with E-state index in [2.05, 4.69) is 9.88 Å². The summed E-state index contributed by atoms with van der Waals surface area (Å²) in [5.41, 5.74) is 4.72. The highest BCUT2D eigenvalue weighted by atomic mass is 35.5. The second kappa shape index (κ2) is 10.2. The van der Waals surface area contributed by atoms with Crippen LogP contribution in [0.4, 0.5) is 4.39 Å². The number of aromatic nitrogens is 1. The lowest BCUT2D eigenvalue weighted by Gasteiger charge is -2.35. The molecule has 1 fully saturated rings. The molecule has 180 valence electrons. The second-order valence-electron chi connectivity index (χ2n) is 9.10. The van der Waals surface area contributed by atoms with Crippen LogP contribution in [0.3, 0.4) is 0 Å². The maximum absolute atomic E-state index is 13.5. The molecule has 1 aromatic heterocycles. The van der Waals surface area contributed by atoms with Crippen LogP contribution in [0.1, 0.15) is 34.9 Å². The van der Waals surface area contributed by atoms with E-state index in [9.17, 15) is 9.18 Å². The first kappa shape index (κ1) is 23.5. The van der Waals surface area contributed by atoms with Crippen LogP contribution in [0.15, 0.2) is 71.1 Å². The predicted octanol–water partition coefficient (Wildman–Crippen LogP) is 5.80. The van der Waals surface area contributed by atoms with Gasteiger partial charge in [-0.3, -0.25) is 9.69 Å². The molecule has 0 aliphatic carbocycles. The summed E-state index contributed by atoms with van der Waals surface area (Å²) in [6.45, 7) is 5.46. The molecule has 35 heavy (non-hydrogen) atoms. The molecule has 4 aromatic rings. The van der Waals surface area contributed by atoms with Gasteiger partial charge in [0.05, 0.1) is 6.54 Å². The van der Waals surface area contributed by atoms with E-state index in [1.54, 1.807) is 12.1 Å². The van der Waals surface area contributed by atoms with Crippen molar-refractivity contribution in [1.29, 1.82) is 0 Å². The monoisotopic (exact) mass is 491 g/mol. The molecule has 7 heteroatoms. The minimum Gasteiger partial charge on any atom is -0.439 e. The van der Waals surface area contributed by atoms with Crippen molar-refractivity contribution in [2.24, 2.45) is 0 Å². The van der Waals surface area contributed by atoms with E-state index in [0.29, 0.717) is 37.0 Å². The van der Waals surface area contributed by atoms with E-state index in [1.807, 2.05) is 54.3 Å². The summed E-state index contributed by atoms with van der Waals surface area (Å²) in [6.07, 6.45) is 0.317. The summed E-state index contributed by atoms with van der Waals surface area (Å²) < 4.78 is 19.4. The third kappa shape index (κ3) is 5.55. The lowest BCUT2D eigenvalue weighted by atomic mass is 9.88. The Kier molecular flexibility index (Phi) is 6.84. The molecule has 1 atom stereocenters. The lowest BCUT2D eigenvalue weighted by molar-refractivity contribution is -0.133. The number of rotatable bonds is 6. The summed E-state index contributed by atoms with van der Waals surface area (Å²) in [6, 6.07) is 19.9. The number of fused-ring (bicyclic) bond motifs is 1. The summed E-state index contributed by atoms with van der Waals surface area (Å²) in [5, 5.41) is 0.642. The summed E-state index contributed by atoms with van der Waals surface area (Å²) in [5.74, 6) is 0.331. The van der Waals surface area contributed by atoms with Crippen molar-refractivity contribution in [3.63, 3.8) is 0 Å². The smallest absolute Gasteiger partial charge is 0.223 e. The zero-order chi connectivity index (χ0) is 24.4. The minimum atomic E-state index is -0.292. The molecule has 0 saturated carbocycles. The van der Waals surface area contributed by atoms with E-state index >= 15 is 0 Å². The van der Waals surface area contributed by atoms with Crippen LogP contribution in [0.25, 0.3) is 11.1 Å². The Balaban J connectivity index is 1.23. The van der Waals surface area contributed by atoms with Gasteiger partial charge in [0, 0.05) is 43.5 Å². The molecule has 0 radical (unpaired) electrons. The van der Waals surface area contributed by atoms with Gasteiger partial charge in [0.15, 0.2) is 5.58 Å². The van der Waals surface area contributed by atoms with Crippen molar-refractivity contribution in [3.05, 3.63) is 100 Å². The Bertz CT molecular complexity index is 1270. The first-order valence-corrected chi connectivity index (χ1v) is 12.2. The predicted molar refractivity (Wildman–Crippen MR) is 135 cm³/mol. The van der Waals surface area contributed by atoms with Gasteiger partial charge in [0.2, 0.25) is 11.8 Å². The largest absolute Gasteiger partial charge is 0.439 e. The maximum Gasteiger partial charge on any atom is 0.223 e. The summed E-state index contributed by atoms with van der Waals surface area (Å²) >= 11 is 6.07. The van der Waals surface area contributed by atoms with Gasteiger partial charge < -0.3 is 9.32 Å². The number of aryl methyl sites for hydroxylation is 1. The van der Waals surface area contributed by atoms with Crippen molar-refractivity contribution in [1.82, 2.24) is 14.8 Å². The summed E-state index contributed by atoms with van der Waals surface area (Å²) in [4.78, 5) is 22.1. The molecule has 1 aliphatic heterocycles. The molecule has 3 aromatic carbocycles. The fourth-order valence-corrected chi connectivity index (χ4v) is 4.74. The van der Waals surface area contributed by atoms with E-state index in [-0.39, 0.29) is 17.6 Å². The average molecular weight is 492 g/mol. The van der Waals surface area contributed by atoms with Crippen LogP contribution in [0.5, 0.6) is 0 Å². The zero-order valence-electron chi connectivity index (χ0n) is 19.6. The molecule has 1 amide bonds. The van der Waals surface area contributed by atoms with Crippen LogP contribution in [-0.2, 0) is 11.3 Å². The van der Waals surface area contributed by atoms with Crippen molar-refractivity contribution < 1.29 is 13.6 Å². The molecule has 5 rings (SSSR count). The van der Waals surface area contributed by atoms with Crippen molar-refractivity contribution in [2.75, 3.05) is 26.2 Å². The molecule has 1 aliphatic rings. The fraction of sp³-hybridized carbons (Fsp3) is 0.286. The lowest BCUT2D eigenvalue weighted by Crippen LogP contribution is -2.48. The van der Waals surface area contributed by atoms with E-state index in [0.717, 1.165) is 40.9 Å². The topological polar surface area (TPSA) is 49.6 Å². The molecule has 5 nitrogen and oxygen atoms in total. The molecular weight excluding hydrogens is 465 g/mol. The number of carbonyl (C=O) groups excluding carboxylic acids is 1. The van der Waals surface area contributed by atoms with E-state index < -0.39 is 0 Å². The Morgan fingerprint density at radius 2 is 1.66 bits per heavy atom. The quantitative estimate of drug-likeness (QED) is 0.342. The van der Waals surface area contributed by atoms with Gasteiger partial charge in [-0.15, -0.1) is 0 Å².